The molecule has 3 heterocycles. The van der Waals surface area contributed by atoms with E-state index in [2.05, 4.69) is 33.3 Å². The van der Waals surface area contributed by atoms with E-state index in [9.17, 15) is 0 Å². The highest BCUT2D eigenvalue weighted by atomic mass is 35.5. The van der Waals surface area contributed by atoms with Gasteiger partial charge in [0.1, 0.15) is 0 Å². The summed E-state index contributed by atoms with van der Waals surface area (Å²) in [6, 6.07) is 14.1. The first kappa shape index (κ1) is 16.6. The number of halogens is 1. The molecule has 0 N–H and O–H groups in total. The van der Waals surface area contributed by atoms with Crippen molar-refractivity contribution in [2.45, 2.75) is 11.6 Å². The second-order valence-electron chi connectivity index (χ2n) is 6.05. The summed E-state index contributed by atoms with van der Waals surface area (Å²) >= 11 is 7.73. The van der Waals surface area contributed by atoms with Gasteiger partial charge in [0.25, 0.3) is 0 Å². The molecule has 0 amide bonds. The van der Waals surface area contributed by atoms with Crippen LogP contribution in [0.3, 0.4) is 0 Å². The van der Waals surface area contributed by atoms with E-state index in [-0.39, 0.29) is 0 Å². The van der Waals surface area contributed by atoms with Gasteiger partial charge in [-0.05, 0) is 41.8 Å². The SMILES string of the molecule is Clc1ccc(C2=CCN(CCSc3nnc4ccccn34)CC2)cc1. The zero-order valence-electron chi connectivity index (χ0n) is 13.8. The minimum Gasteiger partial charge on any atom is -0.299 e. The molecule has 0 fully saturated rings. The Bertz CT molecular complexity index is 888. The molecule has 6 heteroatoms. The lowest BCUT2D eigenvalue weighted by molar-refractivity contribution is 0.321. The van der Waals surface area contributed by atoms with Gasteiger partial charge in [-0.15, -0.1) is 10.2 Å². The number of aromatic nitrogens is 3. The van der Waals surface area contributed by atoms with E-state index in [1.54, 1.807) is 11.8 Å². The second kappa shape index (κ2) is 7.60. The molecule has 4 nitrogen and oxygen atoms in total. The third-order valence-electron chi connectivity index (χ3n) is 4.43. The molecule has 0 saturated carbocycles. The molecular weight excluding hydrogens is 352 g/mol. The minimum absolute atomic E-state index is 0.791. The molecule has 1 aliphatic rings. The lowest BCUT2D eigenvalue weighted by Crippen LogP contribution is -2.30. The van der Waals surface area contributed by atoms with Gasteiger partial charge in [0, 0.05) is 36.6 Å². The Hall–Kier alpha value is -1.82. The smallest absolute Gasteiger partial charge is 0.195 e. The van der Waals surface area contributed by atoms with Gasteiger partial charge < -0.3 is 0 Å². The molecule has 0 saturated heterocycles. The molecule has 2 aromatic heterocycles. The van der Waals surface area contributed by atoms with Crippen LogP contribution in [0.15, 0.2) is 59.9 Å². The summed E-state index contributed by atoms with van der Waals surface area (Å²) in [6.45, 7) is 3.14. The normalized spacial score (nSPS) is 15.5. The second-order valence-corrected chi connectivity index (χ2v) is 7.55. The predicted octanol–water partition coefficient (Wildman–Crippen LogP) is 4.26. The number of fused-ring (bicyclic) bond motifs is 1. The van der Waals surface area contributed by atoms with Gasteiger partial charge in [-0.3, -0.25) is 9.30 Å². The molecule has 1 aromatic carbocycles. The zero-order chi connectivity index (χ0) is 17.1. The summed E-state index contributed by atoms with van der Waals surface area (Å²) < 4.78 is 2.04. The lowest BCUT2D eigenvalue weighted by atomic mass is 10.00. The zero-order valence-corrected chi connectivity index (χ0v) is 15.4. The third kappa shape index (κ3) is 3.89. The summed E-state index contributed by atoms with van der Waals surface area (Å²) in [5.74, 6) is 1.01. The van der Waals surface area contributed by atoms with E-state index in [0.29, 0.717) is 0 Å². The molecule has 0 aliphatic carbocycles. The van der Waals surface area contributed by atoms with Gasteiger partial charge in [0.15, 0.2) is 10.8 Å². The maximum absolute atomic E-state index is 5.97. The average molecular weight is 371 g/mol. The van der Waals surface area contributed by atoms with Crippen molar-refractivity contribution in [3.05, 3.63) is 65.3 Å². The van der Waals surface area contributed by atoms with E-state index >= 15 is 0 Å². The molecule has 0 spiro atoms. The summed E-state index contributed by atoms with van der Waals surface area (Å²) in [6.07, 6.45) is 5.43. The van der Waals surface area contributed by atoms with Gasteiger partial charge in [0.05, 0.1) is 0 Å². The fourth-order valence-corrected chi connectivity index (χ4v) is 4.07. The molecule has 0 radical (unpaired) electrons. The van der Waals surface area contributed by atoms with E-state index in [1.165, 1.54) is 11.1 Å². The maximum Gasteiger partial charge on any atom is 0.195 e. The van der Waals surface area contributed by atoms with Crippen molar-refractivity contribution in [2.24, 2.45) is 0 Å². The van der Waals surface area contributed by atoms with Gasteiger partial charge in [0.2, 0.25) is 0 Å². The van der Waals surface area contributed by atoms with E-state index in [4.69, 9.17) is 11.6 Å². The van der Waals surface area contributed by atoms with Crippen molar-refractivity contribution >= 4 is 34.6 Å². The predicted molar refractivity (Wildman–Crippen MR) is 104 cm³/mol. The van der Waals surface area contributed by atoms with Crippen LogP contribution < -0.4 is 0 Å². The average Bonchev–Trinajstić information content (AvgIpc) is 3.06. The highest BCUT2D eigenvalue weighted by Gasteiger charge is 2.13. The van der Waals surface area contributed by atoms with Crippen LogP contribution >= 0.6 is 23.4 Å². The van der Waals surface area contributed by atoms with Crippen molar-refractivity contribution in [2.75, 3.05) is 25.4 Å². The number of thioether (sulfide) groups is 1. The maximum atomic E-state index is 5.97. The van der Waals surface area contributed by atoms with E-state index in [1.807, 2.05) is 40.9 Å². The van der Waals surface area contributed by atoms with Crippen LogP contribution in [0.5, 0.6) is 0 Å². The molecule has 0 atom stereocenters. The Morgan fingerprint density at radius 2 is 1.96 bits per heavy atom. The quantitative estimate of drug-likeness (QED) is 0.628. The van der Waals surface area contributed by atoms with Crippen LogP contribution in [-0.4, -0.2) is 44.9 Å². The largest absolute Gasteiger partial charge is 0.299 e. The topological polar surface area (TPSA) is 33.4 Å². The lowest BCUT2D eigenvalue weighted by Gasteiger charge is -2.26. The van der Waals surface area contributed by atoms with Crippen molar-refractivity contribution in [1.29, 1.82) is 0 Å². The van der Waals surface area contributed by atoms with Gasteiger partial charge >= 0.3 is 0 Å². The van der Waals surface area contributed by atoms with Crippen molar-refractivity contribution in [3.63, 3.8) is 0 Å². The fraction of sp³-hybridized carbons (Fsp3) is 0.263. The molecular formula is C19H19ClN4S. The van der Waals surface area contributed by atoms with Crippen molar-refractivity contribution < 1.29 is 0 Å². The van der Waals surface area contributed by atoms with Crippen molar-refractivity contribution in [1.82, 2.24) is 19.5 Å². The number of hydrogen-bond donors (Lipinski definition) is 0. The van der Waals surface area contributed by atoms with Gasteiger partial charge in [-0.1, -0.05) is 47.6 Å². The van der Waals surface area contributed by atoms with Crippen LogP contribution in [0.1, 0.15) is 12.0 Å². The van der Waals surface area contributed by atoms with Crippen LogP contribution in [0.4, 0.5) is 0 Å². The Kier molecular flexibility index (Phi) is 5.06. The monoisotopic (exact) mass is 370 g/mol. The van der Waals surface area contributed by atoms with Gasteiger partial charge in [-0.25, -0.2) is 0 Å². The minimum atomic E-state index is 0.791. The number of nitrogens with zero attached hydrogens (tertiary/aromatic N) is 4. The first-order chi connectivity index (χ1) is 12.3. The number of rotatable bonds is 5. The summed E-state index contributed by atoms with van der Waals surface area (Å²) in [5.41, 5.74) is 3.61. The molecule has 3 aromatic rings. The Balaban J connectivity index is 1.31. The van der Waals surface area contributed by atoms with Gasteiger partial charge in [-0.2, -0.15) is 0 Å². The highest BCUT2D eigenvalue weighted by Crippen LogP contribution is 2.24. The number of hydrogen-bond acceptors (Lipinski definition) is 4. The van der Waals surface area contributed by atoms with Crippen LogP contribution in [-0.2, 0) is 0 Å². The van der Waals surface area contributed by atoms with Crippen LogP contribution in [0.25, 0.3) is 11.2 Å². The van der Waals surface area contributed by atoms with E-state index in [0.717, 1.165) is 47.6 Å². The van der Waals surface area contributed by atoms with Crippen LogP contribution in [0.2, 0.25) is 5.02 Å². The highest BCUT2D eigenvalue weighted by molar-refractivity contribution is 7.99. The Morgan fingerprint density at radius 1 is 1.08 bits per heavy atom. The Morgan fingerprint density at radius 3 is 2.76 bits per heavy atom. The molecule has 1 aliphatic heterocycles. The molecule has 25 heavy (non-hydrogen) atoms. The molecule has 128 valence electrons. The summed E-state index contributed by atoms with van der Waals surface area (Å²) in [5, 5.41) is 10.2. The first-order valence-corrected chi connectivity index (χ1v) is 9.76. The number of pyridine rings is 1. The van der Waals surface area contributed by atoms with Crippen molar-refractivity contribution in [3.8, 4) is 0 Å². The molecule has 4 rings (SSSR count). The third-order valence-corrected chi connectivity index (χ3v) is 5.60. The fourth-order valence-electron chi connectivity index (χ4n) is 3.02. The standard InChI is InChI=1S/C19H19ClN4S/c20-17-6-4-15(5-7-17)16-8-11-23(12-9-16)13-14-25-19-22-21-18-3-1-2-10-24(18)19/h1-8,10H,9,11-14H2. The Labute approximate surface area is 156 Å². The van der Waals surface area contributed by atoms with E-state index < -0.39 is 0 Å². The summed E-state index contributed by atoms with van der Waals surface area (Å²) in [4.78, 5) is 2.48. The summed E-state index contributed by atoms with van der Waals surface area (Å²) in [7, 11) is 0. The van der Waals surface area contributed by atoms with Crippen LogP contribution in [0, 0.1) is 0 Å². The molecule has 0 unspecified atom stereocenters. The number of benzene rings is 1. The molecule has 0 bridgehead atoms. The first-order valence-electron chi connectivity index (χ1n) is 8.39.